The van der Waals surface area contributed by atoms with Gasteiger partial charge < -0.3 is 14.8 Å². The summed E-state index contributed by atoms with van der Waals surface area (Å²) >= 11 is 0. The molecule has 0 aliphatic carbocycles. The summed E-state index contributed by atoms with van der Waals surface area (Å²) in [6, 6.07) is 9.17. The van der Waals surface area contributed by atoms with Crippen LogP contribution in [0.3, 0.4) is 0 Å². The number of hydrogen-bond donors (Lipinski definition) is 2. The number of hydrogen-bond acceptors (Lipinski definition) is 5. The molecule has 2 aromatic rings. The molecule has 1 aliphatic rings. The van der Waals surface area contributed by atoms with E-state index in [0.29, 0.717) is 29.4 Å². The van der Waals surface area contributed by atoms with Crippen molar-refractivity contribution >= 4 is 21.6 Å². The zero-order chi connectivity index (χ0) is 19.6. The van der Waals surface area contributed by atoms with Crippen LogP contribution in [-0.4, -0.2) is 34.1 Å². The van der Waals surface area contributed by atoms with E-state index in [9.17, 15) is 13.2 Å². The number of fused-ring (bicyclic) bond motifs is 1. The minimum absolute atomic E-state index is 0.0404. The molecule has 0 fully saturated rings. The molecule has 8 heteroatoms. The molecule has 0 unspecified atom stereocenters. The lowest BCUT2D eigenvalue weighted by atomic mass is 10.1. The molecular formula is C19H22N2O5S. The third kappa shape index (κ3) is 4.00. The van der Waals surface area contributed by atoms with Gasteiger partial charge in [-0.15, -0.1) is 0 Å². The molecule has 27 heavy (non-hydrogen) atoms. The molecule has 1 atom stereocenters. The number of carbonyl (C=O) groups is 1. The first-order chi connectivity index (χ1) is 12.8. The molecule has 1 amide bonds. The Morgan fingerprint density at radius 3 is 2.59 bits per heavy atom. The van der Waals surface area contributed by atoms with Crippen LogP contribution in [0, 0.1) is 0 Å². The number of ether oxygens (including phenoxy) is 2. The van der Waals surface area contributed by atoms with Crippen molar-refractivity contribution < 1.29 is 22.7 Å². The van der Waals surface area contributed by atoms with Gasteiger partial charge in [0.1, 0.15) is 17.6 Å². The number of amides is 1. The van der Waals surface area contributed by atoms with Gasteiger partial charge in [-0.05, 0) is 44.2 Å². The van der Waals surface area contributed by atoms with Crippen LogP contribution in [-0.2, 0) is 16.4 Å². The van der Waals surface area contributed by atoms with Gasteiger partial charge in [0.05, 0.1) is 17.2 Å². The van der Waals surface area contributed by atoms with Crippen LogP contribution in [0.15, 0.2) is 41.3 Å². The zero-order valence-corrected chi connectivity index (χ0v) is 16.2. The highest BCUT2D eigenvalue weighted by Crippen LogP contribution is 2.38. The quantitative estimate of drug-likeness (QED) is 0.791. The van der Waals surface area contributed by atoms with Crippen molar-refractivity contribution in [1.29, 1.82) is 0 Å². The fraction of sp³-hybridized carbons (Fsp3) is 0.316. The predicted octanol–water partition coefficient (Wildman–Crippen LogP) is 2.57. The number of anilines is 1. The molecule has 7 nitrogen and oxygen atoms in total. The van der Waals surface area contributed by atoms with Crippen molar-refractivity contribution in [1.82, 2.24) is 5.32 Å². The number of nitrogens with one attached hydrogen (secondary N) is 2. The van der Waals surface area contributed by atoms with E-state index in [2.05, 4.69) is 10.0 Å². The third-order valence-electron chi connectivity index (χ3n) is 4.20. The Balaban J connectivity index is 1.91. The van der Waals surface area contributed by atoms with E-state index < -0.39 is 10.0 Å². The van der Waals surface area contributed by atoms with Crippen molar-refractivity contribution in [2.24, 2.45) is 0 Å². The maximum Gasteiger partial charge on any atom is 0.262 e. The summed E-state index contributed by atoms with van der Waals surface area (Å²) in [6.07, 6.45) is 0.794. The van der Waals surface area contributed by atoms with E-state index in [1.165, 1.54) is 31.3 Å². The molecule has 144 valence electrons. The summed E-state index contributed by atoms with van der Waals surface area (Å²) < 4.78 is 39.4. The average molecular weight is 390 g/mol. The fourth-order valence-electron chi connectivity index (χ4n) is 2.93. The van der Waals surface area contributed by atoms with Crippen LogP contribution in [0.1, 0.15) is 29.8 Å². The topological polar surface area (TPSA) is 93.7 Å². The van der Waals surface area contributed by atoms with Gasteiger partial charge in [-0.1, -0.05) is 0 Å². The number of rotatable bonds is 6. The van der Waals surface area contributed by atoms with Crippen LogP contribution >= 0.6 is 0 Å². The van der Waals surface area contributed by atoms with Crippen LogP contribution in [0.25, 0.3) is 0 Å². The highest BCUT2D eigenvalue weighted by atomic mass is 32.2. The Morgan fingerprint density at radius 1 is 1.26 bits per heavy atom. The standard InChI is InChI=1S/C19H22N2O5S/c1-4-25-18-10-14-9-12(2)26-17(14)11-16(18)21-27(23,24)15-7-5-13(6-8-15)19(22)20-3/h5-8,10-12,21H,4,9H2,1-3H3,(H,20,22)/t12-/m0/s1. The molecule has 0 aromatic heterocycles. The summed E-state index contributed by atoms with van der Waals surface area (Å²) in [5.41, 5.74) is 1.69. The highest BCUT2D eigenvalue weighted by molar-refractivity contribution is 7.92. The minimum atomic E-state index is -3.85. The molecule has 2 aromatic carbocycles. The van der Waals surface area contributed by atoms with Crippen molar-refractivity contribution in [2.45, 2.75) is 31.3 Å². The van der Waals surface area contributed by atoms with Gasteiger partial charge in [-0.25, -0.2) is 8.42 Å². The number of sulfonamides is 1. The monoisotopic (exact) mass is 390 g/mol. The molecule has 1 heterocycles. The second kappa shape index (κ2) is 7.48. The van der Waals surface area contributed by atoms with E-state index in [4.69, 9.17) is 9.47 Å². The van der Waals surface area contributed by atoms with Crippen LogP contribution in [0.2, 0.25) is 0 Å². The molecule has 0 saturated carbocycles. The highest BCUT2D eigenvalue weighted by Gasteiger charge is 2.24. The summed E-state index contributed by atoms with van der Waals surface area (Å²) in [4.78, 5) is 11.7. The van der Waals surface area contributed by atoms with Crippen molar-refractivity contribution in [3.8, 4) is 11.5 Å². The molecule has 0 bridgehead atoms. The SMILES string of the molecule is CCOc1cc2c(cc1NS(=O)(=O)c1ccc(C(=O)NC)cc1)O[C@@H](C)C2. The number of benzene rings is 2. The molecular weight excluding hydrogens is 368 g/mol. The van der Waals surface area contributed by atoms with E-state index in [1.54, 1.807) is 6.07 Å². The molecule has 1 aliphatic heterocycles. The number of carbonyl (C=O) groups excluding carboxylic acids is 1. The first-order valence-electron chi connectivity index (χ1n) is 8.65. The minimum Gasteiger partial charge on any atom is -0.492 e. The molecule has 0 radical (unpaired) electrons. The lowest BCUT2D eigenvalue weighted by molar-refractivity contribution is 0.0963. The second-order valence-corrected chi connectivity index (χ2v) is 7.91. The first kappa shape index (κ1) is 19.0. The van der Waals surface area contributed by atoms with Crippen LogP contribution in [0.5, 0.6) is 11.5 Å². The summed E-state index contributed by atoms with van der Waals surface area (Å²) in [5.74, 6) is 0.827. The van der Waals surface area contributed by atoms with Gasteiger partial charge >= 0.3 is 0 Å². The van der Waals surface area contributed by atoms with Gasteiger partial charge in [-0.2, -0.15) is 0 Å². The summed E-state index contributed by atoms with van der Waals surface area (Å²) in [5, 5.41) is 2.49. The largest absolute Gasteiger partial charge is 0.492 e. The van der Waals surface area contributed by atoms with E-state index in [-0.39, 0.29) is 16.9 Å². The molecule has 0 saturated heterocycles. The van der Waals surface area contributed by atoms with Crippen LogP contribution in [0.4, 0.5) is 5.69 Å². The van der Waals surface area contributed by atoms with Crippen LogP contribution < -0.4 is 19.5 Å². The Kier molecular flexibility index (Phi) is 5.27. The second-order valence-electron chi connectivity index (χ2n) is 6.23. The van der Waals surface area contributed by atoms with Gasteiger partial charge in [0.15, 0.2) is 0 Å². The van der Waals surface area contributed by atoms with E-state index in [0.717, 1.165) is 12.0 Å². The van der Waals surface area contributed by atoms with Gasteiger partial charge in [0.25, 0.3) is 15.9 Å². The van der Waals surface area contributed by atoms with Gasteiger partial charge in [-0.3, -0.25) is 9.52 Å². The smallest absolute Gasteiger partial charge is 0.262 e. The fourth-order valence-corrected chi connectivity index (χ4v) is 3.99. The normalized spacial score (nSPS) is 15.6. The third-order valence-corrected chi connectivity index (χ3v) is 5.58. The predicted molar refractivity (Wildman–Crippen MR) is 102 cm³/mol. The van der Waals surface area contributed by atoms with Crippen molar-refractivity contribution in [3.63, 3.8) is 0 Å². The maximum absolute atomic E-state index is 12.8. The van der Waals surface area contributed by atoms with Crippen molar-refractivity contribution in [3.05, 3.63) is 47.5 Å². The summed E-state index contributed by atoms with van der Waals surface area (Å²) in [6.45, 7) is 4.20. The van der Waals surface area contributed by atoms with Crippen molar-refractivity contribution in [2.75, 3.05) is 18.4 Å². The Bertz CT molecular complexity index is 955. The van der Waals surface area contributed by atoms with E-state index >= 15 is 0 Å². The van der Waals surface area contributed by atoms with Gasteiger partial charge in [0, 0.05) is 30.7 Å². The Labute approximate surface area is 158 Å². The first-order valence-corrected chi connectivity index (χ1v) is 10.1. The molecule has 2 N–H and O–H groups in total. The lowest BCUT2D eigenvalue weighted by Gasteiger charge is -2.15. The Hall–Kier alpha value is -2.74. The zero-order valence-electron chi connectivity index (χ0n) is 15.4. The summed E-state index contributed by atoms with van der Waals surface area (Å²) in [7, 11) is -2.34. The van der Waals surface area contributed by atoms with Gasteiger partial charge in [0.2, 0.25) is 0 Å². The molecule has 3 rings (SSSR count). The molecule has 0 spiro atoms. The lowest BCUT2D eigenvalue weighted by Crippen LogP contribution is -2.18. The van der Waals surface area contributed by atoms with E-state index in [1.807, 2.05) is 19.9 Å². The Morgan fingerprint density at radius 2 is 1.96 bits per heavy atom. The maximum atomic E-state index is 12.8. The average Bonchev–Trinajstić information content (AvgIpc) is 3.00.